The Morgan fingerprint density at radius 1 is 1.31 bits per heavy atom. The third kappa shape index (κ3) is 2.84. The van der Waals surface area contributed by atoms with Crippen molar-refractivity contribution in [2.75, 3.05) is 6.54 Å². The lowest BCUT2D eigenvalue weighted by molar-refractivity contribution is 0.639. The molecule has 0 amide bonds. The molecule has 0 radical (unpaired) electrons. The van der Waals surface area contributed by atoms with Gasteiger partial charge in [-0.1, -0.05) is 25.1 Å². The maximum absolute atomic E-state index is 3.54. The summed E-state index contributed by atoms with van der Waals surface area (Å²) in [5, 5.41) is 5.67. The lowest BCUT2D eigenvalue weighted by Gasteiger charge is -2.17. The van der Waals surface area contributed by atoms with Crippen molar-refractivity contribution < 1.29 is 0 Å². The number of benzene rings is 1. The minimum absolute atomic E-state index is 0.333. The predicted octanol–water partition coefficient (Wildman–Crippen LogP) is 4.05. The first kappa shape index (κ1) is 12.1. The van der Waals surface area contributed by atoms with Crippen LogP contribution in [-0.4, -0.2) is 6.54 Å². The van der Waals surface area contributed by atoms with Gasteiger partial charge < -0.3 is 5.32 Å². The summed E-state index contributed by atoms with van der Waals surface area (Å²) in [6.07, 6.45) is 0. The summed E-state index contributed by atoms with van der Waals surface area (Å²) in [6, 6.07) is 13.3. The Balaban J connectivity index is 2.33. The van der Waals surface area contributed by atoms with E-state index in [0.717, 1.165) is 6.54 Å². The van der Waals surface area contributed by atoms with E-state index in [0.29, 0.717) is 6.04 Å². The summed E-state index contributed by atoms with van der Waals surface area (Å²) in [5.41, 5.74) is 1.34. The first-order valence-corrected chi connectivity index (χ1v) is 7.29. The fourth-order valence-corrected chi connectivity index (χ4v) is 3.12. The van der Waals surface area contributed by atoms with E-state index in [1.807, 2.05) is 0 Å². The van der Waals surface area contributed by atoms with Gasteiger partial charge in [-0.25, -0.2) is 0 Å². The molecule has 0 saturated heterocycles. The zero-order valence-electron chi connectivity index (χ0n) is 9.11. The molecule has 1 unspecified atom stereocenters. The summed E-state index contributed by atoms with van der Waals surface area (Å²) >= 11 is 4.17. The molecule has 0 fully saturated rings. The van der Waals surface area contributed by atoms with E-state index < -0.39 is 0 Å². The lowest BCUT2D eigenvalue weighted by Crippen LogP contribution is -2.21. The first-order valence-electron chi connectivity index (χ1n) is 5.33. The fourth-order valence-electron chi connectivity index (χ4n) is 1.73. The second-order valence-corrected chi connectivity index (χ2v) is 5.79. The van der Waals surface area contributed by atoms with Crippen molar-refractivity contribution in [1.29, 1.82) is 0 Å². The maximum atomic E-state index is 3.54. The van der Waals surface area contributed by atoms with Gasteiger partial charge in [0.05, 0.1) is 6.04 Å². The molecule has 0 aliphatic rings. The van der Waals surface area contributed by atoms with Gasteiger partial charge in [0.2, 0.25) is 0 Å². The van der Waals surface area contributed by atoms with Crippen LogP contribution in [0, 0.1) is 3.57 Å². The Morgan fingerprint density at radius 3 is 2.81 bits per heavy atom. The summed E-state index contributed by atoms with van der Waals surface area (Å²) in [6.45, 7) is 3.13. The van der Waals surface area contributed by atoms with Gasteiger partial charge in [0.15, 0.2) is 0 Å². The molecule has 1 aromatic carbocycles. The number of hydrogen-bond acceptors (Lipinski definition) is 2. The molecule has 0 spiro atoms. The third-order valence-corrected chi connectivity index (χ3v) is 4.03. The highest BCUT2D eigenvalue weighted by molar-refractivity contribution is 14.1. The molecular formula is C13H14INS. The van der Waals surface area contributed by atoms with Crippen LogP contribution < -0.4 is 5.32 Å². The molecule has 0 aliphatic carbocycles. The lowest BCUT2D eigenvalue weighted by atomic mass is 10.1. The molecule has 84 valence electrons. The molecule has 1 atom stereocenters. The van der Waals surface area contributed by atoms with Gasteiger partial charge in [0.25, 0.3) is 0 Å². The highest BCUT2D eigenvalue weighted by Crippen LogP contribution is 2.26. The van der Waals surface area contributed by atoms with E-state index in [9.17, 15) is 0 Å². The molecule has 3 heteroatoms. The molecule has 2 rings (SSSR count). The van der Waals surface area contributed by atoms with Crippen LogP contribution >= 0.6 is 33.9 Å². The van der Waals surface area contributed by atoms with Crippen LogP contribution in [0.4, 0.5) is 0 Å². The Hall–Kier alpha value is -0.390. The topological polar surface area (TPSA) is 12.0 Å². The first-order chi connectivity index (χ1) is 7.81. The minimum atomic E-state index is 0.333. The molecule has 0 aliphatic heterocycles. The highest BCUT2D eigenvalue weighted by atomic mass is 127. The van der Waals surface area contributed by atoms with Gasteiger partial charge in [0, 0.05) is 8.45 Å². The zero-order valence-corrected chi connectivity index (χ0v) is 12.1. The molecule has 1 heterocycles. The third-order valence-electron chi connectivity index (χ3n) is 2.42. The number of hydrogen-bond donors (Lipinski definition) is 1. The van der Waals surface area contributed by atoms with Crippen LogP contribution in [-0.2, 0) is 0 Å². The quantitative estimate of drug-likeness (QED) is 0.826. The van der Waals surface area contributed by atoms with Crippen LogP contribution in [0.1, 0.15) is 23.4 Å². The van der Waals surface area contributed by atoms with Gasteiger partial charge in [-0.15, -0.1) is 11.3 Å². The minimum Gasteiger partial charge on any atom is -0.306 e. The summed E-state index contributed by atoms with van der Waals surface area (Å²) < 4.78 is 1.29. The van der Waals surface area contributed by atoms with Crippen LogP contribution in [0.15, 0.2) is 41.8 Å². The number of halogens is 1. The van der Waals surface area contributed by atoms with E-state index in [4.69, 9.17) is 0 Å². The SMILES string of the molecule is CCNC(c1cccc(I)c1)c1cccs1. The van der Waals surface area contributed by atoms with Crippen molar-refractivity contribution in [2.45, 2.75) is 13.0 Å². The van der Waals surface area contributed by atoms with E-state index in [2.05, 4.69) is 76.6 Å². The molecule has 2 aromatic rings. The predicted molar refractivity (Wildman–Crippen MR) is 79.0 cm³/mol. The van der Waals surface area contributed by atoms with Gasteiger partial charge in [0.1, 0.15) is 0 Å². The number of nitrogens with one attached hydrogen (secondary N) is 1. The van der Waals surface area contributed by atoms with Crippen LogP contribution in [0.25, 0.3) is 0 Å². The van der Waals surface area contributed by atoms with Crippen molar-refractivity contribution in [3.63, 3.8) is 0 Å². The van der Waals surface area contributed by atoms with E-state index in [-0.39, 0.29) is 0 Å². The summed E-state index contributed by atoms with van der Waals surface area (Å²) in [5.74, 6) is 0. The van der Waals surface area contributed by atoms with Crippen LogP contribution in [0.2, 0.25) is 0 Å². The Kier molecular flexibility index (Phi) is 4.37. The zero-order chi connectivity index (χ0) is 11.4. The molecule has 16 heavy (non-hydrogen) atoms. The average molecular weight is 343 g/mol. The number of thiophene rings is 1. The van der Waals surface area contributed by atoms with Crippen molar-refractivity contribution in [1.82, 2.24) is 5.32 Å². The molecule has 1 N–H and O–H groups in total. The Labute approximate surface area is 114 Å². The smallest absolute Gasteiger partial charge is 0.0671 e. The molecule has 0 saturated carbocycles. The van der Waals surface area contributed by atoms with Gasteiger partial charge in [-0.2, -0.15) is 0 Å². The van der Waals surface area contributed by atoms with E-state index in [1.165, 1.54) is 14.0 Å². The van der Waals surface area contributed by atoms with E-state index in [1.54, 1.807) is 11.3 Å². The van der Waals surface area contributed by atoms with Crippen molar-refractivity contribution in [3.05, 3.63) is 55.8 Å². The fraction of sp³-hybridized carbons (Fsp3) is 0.231. The number of rotatable bonds is 4. The maximum Gasteiger partial charge on any atom is 0.0671 e. The normalized spacial score (nSPS) is 12.6. The largest absolute Gasteiger partial charge is 0.306 e. The van der Waals surface area contributed by atoms with Crippen LogP contribution in [0.5, 0.6) is 0 Å². The van der Waals surface area contributed by atoms with Gasteiger partial charge in [-0.05, 0) is 58.3 Å². The molecule has 0 bridgehead atoms. The summed E-state index contributed by atoms with van der Waals surface area (Å²) in [7, 11) is 0. The van der Waals surface area contributed by atoms with Crippen LogP contribution in [0.3, 0.4) is 0 Å². The monoisotopic (exact) mass is 343 g/mol. The second kappa shape index (κ2) is 5.80. The van der Waals surface area contributed by atoms with Gasteiger partial charge >= 0.3 is 0 Å². The highest BCUT2D eigenvalue weighted by Gasteiger charge is 2.13. The summed E-state index contributed by atoms with van der Waals surface area (Å²) in [4.78, 5) is 1.38. The van der Waals surface area contributed by atoms with Gasteiger partial charge in [-0.3, -0.25) is 0 Å². The average Bonchev–Trinajstić information content (AvgIpc) is 2.79. The second-order valence-electron chi connectivity index (χ2n) is 3.56. The van der Waals surface area contributed by atoms with Crippen molar-refractivity contribution in [2.24, 2.45) is 0 Å². The molecule has 1 aromatic heterocycles. The van der Waals surface area contributed by atoms with Crippen molar-refractivity contribution in [3.8, 4) is 0 Å². The standard InChI is InChI=1S/C13H14INS/c1-2-15-13(12-7-4-8-16-12)10-5-3-6-11(14)9-10/h3-9,13,15H,2H2,1H3. The Morgan fingerprint density at radius 2 is 2.19 bits per heavy atom. The van der Waals surface area contributed by atoms with Crippen molar-refractivity contribution >= 4 is 33.9 Å². The molecular weight excluding hydrogens is 329 g/mol. The Bertz CT molecular complexity index is 439. The molecule has 1 nitrogen and oxygen atoms in total. The van der Waals surface area contributed by atoms with E-state index >= 15 is 0 Å².